The number of rotatable bonds is 4. The third-order valence-electron chi connectivity index (χ3n) is 2.49. The van der Waals surface area contributed by atoms with Crippen molar-refractivity contribution in [2.75, 3.05) is 10.7 Å². The molecule has 0 aliphatic carbocycles. The molecule has 0 atom stereocenters. The summed E-state index contributed by atoms with van der Waals surface area (Å²) in [6.45, 7) is 0.680. The van der Waals surface area contributed by atoms with E-state index in [1.165, 1.54) is 0 Å². The van der Waals surface area contributed by atoms with Gasteiger partial charge in [-0.25, -0.2) is 10.8 Å². The van der Waals surface area contributed by atoms with Crippen LogP contribution in [0, 0.1) is 11.3 Å². The number of nitriles is 1. The van der Waals surface area contributed by atoms with Gasteiger partial charge in [-0.15, -0.1) is 0 Å². The minimum absolute atomic E-state index is 0.611. The fraction of sp³-hybridized carbons (Fsp3) is 0.0769. The molecule has 5 heteroatoms. The molecule has 0 aliphatic heterocycles. The molecule has 90 valence electrons. The first kappa shape index (κ1) is 11.9. The lowest BCUT2D eigenvalue weighted by Crippen LogP contribution is -2.09. The predicted molar refractivity (Wildman–Crippen MR) is 70.5 cm³/mol. The number of pyridine rings is 1. The molecule has 0 amide bonds. The van der Waals surface area contributed by atoms with Crippen molar-refractivity contribution < 1.29 is 0 Å². The Morgan fingerprint density at radius 2 is 2.00 bits per heavy atom. The number of nitrogens with one attached hydrogen (secondary N) is 2. The van der Waals surface area contributed by atoms with E-state index in [9.17, 15) is 0 Å². The molecule has 1 aromatic carbocycles. The smallest absolute Gasteiger partial charge is 0.141 e. The number of hydrazine groups is 1. The van der Waals surface area contributed by atoms with Gasteiger partial charge < -0.3 is 10.7 Å². The predicted octanol–water partition coefficient (Wildman–Crippen LogP) is 1.85. The van der Waals surface area contributed by atoms with Crippen molar-refractivity contribution >= 4 is 11.5 Å². The zero-order valence-electron chi connectivity index (χ0n) is 9.72. The SMILES string of the molecule is N#Cc1ccc(CNc2ccnc(NN)c2)cc1. The fourth-order valence-corrected chi connectivity index (χ4v) is 1.52. The zero-order chi connectivity index (χ0) is 12.8. The second-order valence-corrected chi connectivity index (χ2v) is 3.74. The summed E-state index contributed by atoms with van der Waals surface area (Å²) >= 11 is 0. The monoisotopic (exact) mass is 239 g/mol. The maximum atomic E-state index is 8.70. The summed E-state index contributed by atoms with van der Waals surface area (Å²) in [5.41, 5.74) is 5.19. The van der Waals surface area contributed by atoms with Crippen molar-refractivity contribution in [1.29, 1.82) is 5.26 Å². The molecule has 0 saturated carbocycles. The van der Waals surface area contributed by atoms with Crippen LogP contribution in [0.1, 0.15) is 11.1 Å². The van der Waals surface area contributed by atoms with E-state index >= 15 is 0 Å². The van der Waals surface area contributed by atoms with Crippen LogP contribution in [0.5, 0.6) is 0 Å². The van der Waals surface area contributed by atoms with Gasteiger partial charge in [0.25, 0.3) is 0 Å². The van der Waals surface area contributed by atoms with Gasteiger partial charge in [-0.1, -0.05) is 12.1 Å². The molecule has 2 aromatic rings. The second-order valence-electron chi connectivity index (χ2n) is 3.74. The lowest BCUT2D eigenvalue weighted by atomic mass is 10.1. The normalized spacial score (nSPS) is 9.56. The number of hydrogen-bond acceptors (Lipinski definition) is 5. The fourth-order valence-electron chi connectivity index (χ4n) is 1.52. The Bertz CT molecular complexity index is 556. The van der Waals surface area contributed by atoms with Crippen LogP contribution in [0.4, 0.5) is 11.5 Å². The quantitative estimate of drug-likeness (QED) is 0.560. The van der Waals surface area contributed by atoms with E-state index in [4.69, 9.17) is 11.1 Å². The first-order valence-corrected chi connectivity index (χ1v) is 5.47. The van der Waals surface area contributed by atoms with Crippen molar-refractivity contribution in [3.63, 3.8) is 0 Å². The molecule has 0 spiro atoms. The summed E-state index contributed by atoms with van der Waals surface area (Å²) in [4.78, 5) is 4.02. The van der Waals surface area contributed by atoms with E-state index in [1.54, 1.807) is 18.3 Å². The van der Waals surface area contributed by atoms with Gasteiger partial charge in [0.05, 0.1) is 11.6 Å². The molecule has 0 radical (unpaired) electrons. The summed E-state index contributed by atoms with van der Waals surface area (Å²) in [6, 6.07) is 13.2. The average Bonchev–Trinajstić information content (AvgIpc) is 2.46. The number of benzene rings is 1. The maximum Gasteiger partial charge on any atom is 0.141 e. The van der Waals surface area contributed by atoms with E-state index in [-0.39, 0.29) is 0 Å². The van der Waals surface area contributed by atoms with E-state index in [1.807, 2.05) is 24.3 Å². The number of nitrogens with two attached hydrogens (primary N) is 1. The van der Waals surface area contributed by atoms with Crippen LogP contribution in [0.2, 0.25) is 0 Å². The highest BCUT2D eigenvalue weighted by Crippen LogP contribution is 2.12. The van der Waals surface area contributed by atoms with Crippen LogP contribution in [-0.4, -0.2) is 4.98 Å². The summed E-state index contributed by atoms with van der Waals surface area (Å²) in [6.07, 6.45) is 1.68. The van der Waals surface area contributed by atoms with Crippen molar-refractivity contribution in [1.82, 2.24) is 4.98 Å². The van der Waals surface area contributed by atoms with Crippen LogP contribution in [0.15, 0.2) is 42.6 Å². The van der Waals surface area contributed by atoms with Gasteiger partial charge in [0, 0.05) is 24.5 Å². The molecule has 0 saturated heterocycles. The van der Waals surface area contributed by atoms with E-state index < -0.39 is 0 Å². The highest BCUT2D eigenvalue weighted by Gasteiger charge is 1.97. The Morgan fingerprint density at radius 3 is 2.67 bits per heavy atom. The van der Waals surface area contributed by atoms with Gasteiger partial charge in [0.2, 0.25) is 0 Å². The number of nitrogen functional groups attached to an aromatic ring is 1. The molecule has 2 rings (SSSR count). The Hall–Kier alpha value is -2.58. The molecular formula is C13H13N5. The lowest BCUT2D eigenvalue weighted by Gasteiger charge is -2.07. The van der Waals surface area contributed by atoms with Gasteiger partial charge in [-0.2, -0.15) is 5.26 Å². The largest absolute Gasteiger partial charge is 0.381 e. The maximum absolute atomic E-state index is 8.70. The van der Waals surface area contributed by atoms with Crippen molar-refractivity contribution in [3.05, 3.63) is 53.7 Å². The van der Waals surface area contributed by atoms with Crippen LogP contribution in [0.3, 0.4) is 0 Å². The molecule has 4 N–H and O–H groups in total. The summed E-state index contributed by atoms with van der Waals surface area (Å²) in [5, 5.41) is 12.0. The Morgan fingerprint density at radius 1 is 1.22 bits per heavy atom. The topological polar surface area (TPSA) is 86.8 Å². The third kappa shape index (κ3) is 2.97. The molecule has 18 heavy (non-hydrogen) atoms. The molecule has 5 nitrogen and oxygen atoms in total. The van der Waals surface area contributed by atoms with Crippen LogP contribution in [-0.2, 0) is 6.54 Å². The molecule has 0 unspecified atom stereocenters. The number of nitrogens with zero attached hydrogens (tertiary/aromatic N) is 2. The minimum atomic E-state index is 0.611. The Labute approximate surface area is 105 Å². The van der Waals surface area contributed by atoms with Crippen LogP contribution < -0.4 is 16.6 Å². The molecule has 0 aliphatic rings. The lowest BCUT2D eigenvalue weighted by molar-refractivity contribution is 1.14. The first-order chi connectivity index (χ1) is 8.81. The Kier molecular flexibility index (Phi) is 3.74. The van der Waals surface area contributed by atoms with Crippen molar-refractivity contribution in [2.24, 2.45) is 5.84 Å². The summed E-state index contributed by atoms with van der Waals surface area (Å²) < 4.78 is 0. The summed E-state index contributed by atoms with van der Waals surface area (Å²) in [5.74, 6) is 5.90. The van der Waals surface area contributed by atoms with Crippen LogP contribution >= 0.6 is 0 Å². The standard InChI is InChI=1S/C13H13N5/c14-8-10-1-3-11(4-2-10)9-17-12-5-6-16-13(7-12)18-15/h1-7H,9,15H2,(H2,16,17,18). The van der Waals surface area contributed by atoms with E-state index in [0.717, 1.165) is 11.3 Å². The number of aromatic nitrogens is 1. The molecule has 1 heterocycles. The third-order valence-corrected chi connectivity index (χ3v) is 2.49. The van der Waals surface area contributed by atoms with Crippen molar-refractivity contribution in [2.45, 2.75) is 6.54 Å². The van der Waals surface area contributed by atoms with Crippen LogP contribution in [0.25, 0.3) is 0 Å². The van der Waals surface area contributed by atoms with Gasteiger partial charge >= 0.3 is 0 Å². The van der Waals surface area contributed by atoms with E-state index in [2.05, 4.69) is 21.8 Å². The van der Waals surface area contributed by atoms with E-state index in [0.29, 0.717) is 17.9 Å². The molecule has 0 bridgehead atoms. The Balaban J connectivity index is 2.00. The summed E-state index contributed by atoms with van der Waals surface area (Å²) in [7, 11) is 0. The molecule has 0 fully saturated rings. The van der Waals surface area contributed by atoms with Crippen molar-refractivity contribution in [3.8, 4) is 6.07 Å². The minimum Gasteiger partial charge on any atom is -0.381 e. The number of hydrogen-bond donors (Lipinski definition) is 3. The molecular weight excluding hydrogens is 226 g/mol. The zero-order valence-corrected chi connectivity index (χ0v) is 9.72. The number of anilines is 2. The highest BCUT2D eigenvalue weighted by molar-refractivity contribution is 5.51. The highest BCUT2D eigenvalue weighted by atomic mass is 15.2. The van der Waals surface area contributed by atoms with Gasteiger partial charge in [0.1, 0.15) is 5.82 Å². The second kappa shape index (κ2) is 5.66. The molecule has 1 aromatic heterocycles. The first-order valence-electron chi connectivity index (χ1n) is 5.47. The average molecular weight is 239 g/mol. The van der Waals surface area contributed by atoms with Gasteiger partial charge in [-0.3, -0.25) is 0 Å². The van der Waals surface area contributed by atoms with Gasteiger partial charge in [0.15, 0.2) is 0 Å². The van der Waals surface area contributed by atoms with Gasteiger partial charge in [-0.05, 0) is 23.8 Å².